The Morgan fingerprint density at radius 2 is 2.11 bits per heavy atom. The van der Waals surface area contributed by atoms with Crippen LogP contribution in [0.15, 0.2) is 22.8 Å². The van der Waals surface area contributed by atoms with Crippen LogP contribution in [-0.2, 0) is 11.2 Å². The van der Waals surface area contributed by atoms with Gasteiger partial charge in [-0.1, -0.05) is 13.8 Å². The quantitative estimate of drug-likeness (QED) is 0.684. The minimum absolute atomic E-state index is 0.352. The van der Waals surface area contributed by atoms with E-state index >= 15 is 0 Å². The molecule has 19 heavy (non-hydrogen) atoms. The lowest BCUT2D eigenvalue weighted by Crippen LogP contribution is -2.36. The summed E-state index contributed by atoms with van der Waals surface area (Å²) in [6.45, 7) is 7.98. The molecule has 0 aromatic carbocycles. The van der Waals surface area contributed by atoms with Crippen molar-refractivity contribution in [1.82, 2.24) is 5.32 Å². The van der Waals surface area contributed by atoms with E-state index in [0.29, 0.717) is 31.7 Å². The Labute approximate surface area is 116 Å². The fraction of sp³-hybridized carbons (Fsp3) is 0.733. The van der Waals surface area contributed by atoms with Crippen molar-refractivity contribution in [1.29, 1.82) is 0 Å². The van der Waals surface area contributed by atoms with Crippen LogP contribution in [0.4, 0.5) is 0 Å². The van der Waals surface area contributed by atoms with Crippen molar-refractivity contribution in [2.45, 2.75) is 45.8 Å². The number of rotatable bonds is 10. The zero-order valence-corrected chi connectivity index (χ0v) is 12.3. The first-order valence-electron chi connectivity index (χ1n) is 7.09. The second-order valence-electron chi connectivity index (χ2n) is 5.51. The lowest BCUT2D eigenvalue weighted by Gasteiger charge is -2.17. The fourth-order valence-corrected chi connectivity index (χ4v) is 1.75. The zero-order valence-electron chi connectivity index (χ0n) is 12.3. The van der Waals surface area contributed by atoms with Crippen LogP contribution in [0.3, 0.4) is 0 Å². The van der Waals surface area contributed by atoms with Gasteiger partial charge in [-0.15, -0.1) is 0 Å². The summed E-state index contributed by atoms with van der Waals surface area (Å²) in [7, 11) is 0. The smallest absolute Gasteiger partial charge is 0.103 e. The molecule has 2 atom stereocenters. The molecular weight excluding hydrogens is 242 g/mol. The molecule has 1 rings (SSSR count). The van der Waals surface area contributed by atoms with E-state index in [9.17, 15) is 5.11 Å². The third kappa shape index (κ3) is 8.03. The third-order valence-electron chi connectivity index (χ3n) is 2.87. The average Bonchev–Trinajstić information content (AvgIpc) is 2.86. The standard InChI is InChI=1S/C15H27NO3/c1-12(2)10-18-11-14(17)9-16-13(3)6-7-15-5-4-8-19-15/h4-5,8,12-14,16-17H,6-7,9-11H2,1-3H3. The summed E-state index contributed by atoms with van der Waals surface area (Å²) < 4.78 is 10.7. The number of aliphatic hydroxyl groups is 1. The molecule has 0 saturated carbocycles. The lowest BCUT2D eigenvalue weighted by atomic mass is 10.1. The van der Waals surface area contributed by atoms with Crippen LogP contribution < -0.4 is 5.32 Å². The minimum Gasteiger partial charge on any atom is -0.469 e. The summed E-state index contributed by atoms with van der Waals surface area (Å²) in [5.74, 6) is 1.52. The van der Waals surface area contributed by atoms with Gasteiger partial charge < -0.3 is 19.6 Å². The number of aliphatic hydroxyl groups excluding tert-OH is 1. The number of furan rings is 1. The molecule has 110 valence electrons. The molecule has 0 bridgehead atoms. The predicted octanol–water partition coefficient (Wildman–Crippen LogP) is 2.22. The highest BCUT2D eigenvalue weighted by Gasteiger charge is 2.08. The van der Waals surface area contributed by atoms with E-state index in [1.807, 2.05) is 12.1 Å². The van der Waals surface area contributed by atoms with E-state index in [4.69, 9.17) is 9.15 Å². The van der Waals surface area contributed by atoms with Gasteiger partial charge in [0.05, 0.1) is 19.0 Å². The first kappa shape index (κ1) is 16.2. The molecule has 1 aromatic rings. The Kier molecular flexibility index (Phi) is 7.79. The number of nitrogens with one attached hydrogen (secondary N) is 1. The summed E-state index contributed by atoms with van der Waals surface area (Å²) >= 11 is 0. The lowest BCUT2D eigenvalue weighted by molar-refractivity contribution is 0.0251. The second-order valence-corrected chi connectivity index (χ2v) is 5.51. The van der Waals surface area contributed by atoms with Crippen LogP contribution in [0.1, 0.15) is 33.0 Å². The molecule has 0 fully saturated rings. The van der Waals surface area contributed by atoms with Crippen molar-refractivity contribution in [3.05, 3.63) is 24.2 Å². The molecule has 1 heterocycles. The molecule has 2 unspecified atom stereocenters. The largest absolute Gasteiger partial charge is 0.469 e. The van der Waals surface area contributed by atoms with E-state index in [2.05, 4.69) is 26.1 Å². The monoisotopic (exact) mass is 269 g/mol. The highest BCUT2D eigenvalue weighted by Crippen LogP contribution is 2.05. The maximum Gasteiger partial charge on any atom is 0.103 e. The molecule has 0 radical (unpaired) electrons. The van der Waals surface area contributed by atoms with Crippen molar-refractivity contribution < 1.29 is 14.3 Å². The Morgan fingerprint density at radius 3 is 2.74 bits per heavy atom. The van der Waals surface area contributed by atoms with Gasteiger partial charge in [-0.3, -0.25) is 0 Å². The summed E-state index contributed by atoms with van der Waals surface area (Å²) in [6, 6.07) is 4.25. The second kappa shape index (κ2) is 9.13. The van der Waals surface area contributed by atoms with Crippen molar-refractivity contribution in [3.63, 3.8) is 0 Å². The van der Waals surface area contributed by atoms with Crippen LogP contribution in [0.5, 0.6) is 0 Å². The number of ether oxygens (including phenoxy) is 1. The first-order chi connectivity index (χ1) is 9.08. The molecule has 0 spiro atoms. The molecule has 2 N–H and O–H groups in total. The molecule has 0 aliphatic carbocycles. The molecule has 4 heteroatoms. The molecular formula is C15H27NO3. The maximum absolute atomic E-state index is 9.76. The van der Waals surface area contributed by atoms with Gasteiger partial charge in [0.25, 0.3) is 0 Å². The predicted molar refractivity (Wildman–Crippen MR) is 76.2 cm³/mol. The molecule has 4 nitrogen and oxygen atoms in total. The Hall–Kier alpha value is -0.840. The summed E-state index contributed by atoms with van der Waals surface area (Å²) in [4.78, 5) is 0. The minimum atomic E-state index is -0.440. The third-order valence-corrected chi connectivity index (χ3v) is 2.87. The number of hydrogen-bond acceptors (Lipinski definition) is 4. The van der Waals surface area contributed by atoms with Crippen molar-refractivity contribution in [2.24, 2.45) is 5.92 Å². The molecule has 0 saturated heterocycles. The van der Waals surface area contributed by atoms with Gasteiger partial charge in [-0.05, 0) is 31.4 Å². The van der Waals surface area contributed by atoms with Gasteiger partial charge in [-0.2, -0.15) is 0 Å². The summed E-state index contributed by atoms with van der Waals surface area (Å²) in [5, 5.41) is 13.1. The van der Waals surface area contributed by atoms with Crippen molar-refractivity contribution >= 4 is 0 Å². The Bertz CT molecular complexity index is 311. The van der Waals surface area contributed by atoms with Gasteiger partial charge in [0, 0.05) is 25.6 Å². The summed E-state index contributed by atoms with van der Waals surface area (Å²) in [6.07, 6.45) is 3.17. The maximum atomic E-state index is 9.76. The Morgan fingerprint density at radius 1 is 1.32 bits per heavy atom. The molecule has 1 aromatic heterocycles. The molecule has 0 aliphatic heterocycles. The molecule has 0 amide bonds. The van der Waals surface area contributed by atoms with Crippen LogP contribution in [0.25, 0.3) is 0 Å². The highest BCUT2D eigenvalue weighted by molar-refractivity contribution is 4.98. The summed E-state index contributed by atoms with van der Waals surface area (Å²) in [5.41, 5.74) is 0. The highest BCUT2D eigenvalue weighted by atomic mass is 16.5. The van der Waals surface area contributed by atoms with Crippen LogP contribution in [0.2, 0.25) is 0 Å². The SMILES string of the molecule is CC(C)COCC(O)CNC(C)CCc1ccco1. The van der Waals surface area contributed by atoms with Gasteiger partial charge in [-0.25, -0.2) is 0 Å². The van der Waals surface area contributed by atoms with Crippen LogP contribution >= 0.6 is 0 Å². The topological polar surface area (TPSA) is 54.6 Å². The van der Waals surface area contributed by atoms with Crippen molar-refractivity contribution in [3.8, 4) is 0 Å². The van der Waals surface area contributed by atoms with E-state index in [1.165, 1.54) is 0 Å². The Balaban J connectivity index is 2.03. The van der Waals surface area contributed by atoms with Crippen molar-refractivity contribution in [2.75, 3.05) is 19.8 Å². The number of aryl methyl sites for hydroxylation is 1. The van der Waals surface area contributed by atoms with Gasteiger partial charge in [0.2, 0.25) is 0 Å². The van der Waals surface area contributed by atoms with E-state index in [1.54, 1.807) is 6.26 Å². The number of hydrogen-bond donors (Lipinski definition) is 2. The van der Waals surface area contributed by atoms with Gasteiger partial charge >= 0.3 is 0 Å². The normalized spacial score (nSPS) is 14.8. The van der Waals surface area contributed by atoms with E-state index in [-0.39, 0.29) is 0 Å². The zero-order chi connectivity index (χ0) is 14.1. The first-order valence-corrected chi connectivity index (χ1v) is 7.09. The van der Waals surface area contributed by atoms with Gasteiger partial charge in [0.15, 0.2) is 0 Å². The van der Waals surface area contributed by atoms with E-state index in [0.717, 1.165) is 18.6 Å². The van der Waals surface area contributed by atoms with E-state index < -0.39 is 6.10 Å². The van der Waals surface area contributed by atoms with Crippen LogP contribution in [0, 0.1) is 5.92 Å². The van der Waals surface area contributed by atoms with Gasteiger partial charge in [0.1, 0.15) is 5.76 Å². The molecule has 0 aliphatic rings. The average molecular weight is 269 g/mol. The fourth-order valence-electron chi connectivity index (χ4n) is 1.75. The van der Waals surface area contributed by atoms with Crippen LogP contribution in [-0.4, -0.2) is 37.0 Å².